The highest BCUT2D eigenvalue weighted by Crippen LogP contribution is 2.41. The fraction of sp³-hybridized carbons (Fsp3) is 0.417. The van der Waals surface area contributed by atoms with Gasteiger partial charge in [-0.2, -0.15) is 13.2 Å². The minimum Gasteiger partial charge on any atom is -0.349 e. The van der Waals surface area contributed by atoms with Crippen LogP contribution in [0.3, 0.4) is 0 Å². The Labute approximate surface area is 96.8 Å². The lowest BCUT2D eigenvalue weighted by molar-refractivity contribution is -0.201. The predicted molar refractivity (Wildman–Crippen MR) is 56.5 cm³/mol. The zero-order valence-electron chi connectivity index (χ0n) is 9.00. The van der Waals surface area contributed by atoms with Gasteiger partial charge in [-0.25, -0.2) is 0 Å². The molecule has 1 aromatic carbocycles. The first-order chi connectivity index (χ1) is 7.98. The van der Waals surface area contributed by atoms with E-state index in [9.17, 15) is 18.0 Å². The van der Waals surface area contributed by atoms with Crippen molar-refractivity contribution in [2.24, 2.45) is 5.92 Å². The van der Waals surface area contributed by atoms with Gasteiger partial charge < -0.3 is 5.32 Å². The van der Waals surface area contributed by atoms with Crippen molar-refractivity contribution in [3.63, 3.8) is 0 Å². The summed E-state index contributed by atoms with van der Waals surface area (Å²) >= 11 is 0. The molecule has 5 heteroatoms. The molecule has 2 unspecified atom stereocenters. The smallest absolute Gasteiger partial charge is 0.349 e. The number of halogens is 3. The number of hydrogen-bond donors (Lipinski definition) is 1. The van der Waals surface area contributed by atoms with E-state index in [2.05, 4.69) is 5.32 Å². The largest absolute Gasteiger partial charge is 0.393 e. The molecule has 0 bridgehead atoms. The SMILES string of the molecule is O=C(NC1CCC1C(F)(F)F)c1ccccc1. The van der Waals surface area contributed by atoms with Gasteiger partial charge in [-0.05, 0) is 25.0 Å². The Morgan fingerprint density at radius 2 is 1.82 bits per heavy atom. The van der Waals surface area contributed by atoms with Crippen LogP contribution in [0.1, 0.15) is 23.2 Å². The van der Waals surface area contributed by atoms with E-state index in [0.29, 0.717) is 12.0 Å². The zero-order chi connectivity index (χ0) is 12.5. The molecule has 0 aliphatic heterocycles. The van der Waals surface area contributed by atoms with Gasteiger partial charge in [0.1, 0.15) is 0 Å². The molecule has 0 heterocycles. The van der Waals surface area contributed by atoms with Gasteiger partial charge in [0.05, 0.1) is 5.92 Å². The van der Waals surface area contributed by atoms with Gasteiger partial charge in [0.25, 0.3) is 5.91 Å². The average Bonchev–Trinajstić information content (AvgIpc) is 2.23. The van der Waals surface area contributed by atoms with E-state index in [1.165, 1.54) is 0 Å². The van der Waals surface area contributed by atoms with Gasteiger partial charge >= 0.3 is 6.18 Å². The molecule has 92 valence electrons. The molecule has 2 nitrogen and oxygen atoms in total. The number of benzene rings is 1. The summed E-state index contributed by atoms with van der Waals surface area (Å²) in [5.74, 6) is -1.83. The number of hydrogen-bond acceptors (Lipinski definition) is 1. The van der Waals surface area contributed by atoms with Crippen LogP contribution < -0.4 is 5.32 Å². The lowest BCUT2D eigenvalue weighted by Crippen LogP contribution is -2.52. The van der Waals surface area contributed by atoms with Crippen LogP contribution in [0.4, 0.5) is 13.2 Å². The van der Waals surface area contributed by atoms with Gasteiger partial charge in [-0.15, -0.1) is 0 Å². The Hall–Kier alpha value is -1.52. The fourth-order valence-electron chi connectivity index (χ4n) is 1.91. The van der Waals surface area contributed by atoms with E-state index >= 15 is 0 Å². The predicted octanol–water partition coefficient (Wildman–Crippen LogP) is 2.76. The third-order valence-corrected chi connectivity index (χ3v) is 3.05. The van der Waals surface area contributed by atoms with Gasteiger partial charge in [0.15, 0.2) is 0 Å². The Morgan fingerprint density at radius 3 is 2.29 bits per heavy atom. The Morgan fingerprint density at radius 1 is 1.18 bits per heavy atom. The van der Waals surface area contributed by atoms with Gasteiger partial charge in [-0.1, -0.05) is 18.2 Å². The van der Waals surface area contributed by atoms with Crippen LogP contribution in [0, 0.1) is 5.92 Å². The highest BCUT2D eigenvalue weighted by molar-refractivity contribution is 5.94. The van der Waals surface area contributed by atoms with Crippen LogP contribution in [0.2, 0.25) is 0 Å². The van der Waals surface area contributed by atoms with Gasteiger partial charge in [-0.3, -0.25) is 4.79 Å². The fourth-order valence-corrected chi connectivity index (χ4v) is 1.91. The average molecular weight is 243 g/mol. The summed E-state index contributed by atoms with van der Waals surface area (Å²) in [6, 6.07) is 7.49. The van der Waals surface area contributed by atoms with E-state index in [1.54, 1.807) is 30.3 Å². The Kier molecular flexibility index (Phi) is 3.09. The van der Waals surface area contributed by atoms with Gasteiger partial charge in [0, 0.05) is 11.6 Å². The van der Waals surface area contributed by atoms with E-state index in [0.717, 1.165) is 0 Å². The van der Waals surface area contributed by atoms with E-state index in [-0.39, 0.29) is 6.42 Å². The van der Waals surface area contributed by atoms with Crippen LogP contribution in [0.15, 0.2) is 30.3 Å². The number of carbonyl (C=O) groups excluding carboxylic acids is 1. The number of nitrogens with one attached hydrogen (secondary N) is 1. The van der Waals surface area contributed by atoms with Crippen molar-refractivity contribution >= 4 is 5.91 Å². The molecule has 1 saturated carbocycles. The molecule has 0 saturated heterocycles. The molecule has 0 aromatic heterocycles. The molecule has 1 N–H and O–H groups in total. The molecule has 1 amide bonds. The molecular formula is C12H12F3NO. The summed E-state index contributed by atoms with van der Waals surface area (Å²) < 4.78 is 37.4. The maximum Gasteiger partial charge on any atom is 0.393 e. The number of carbonyl (C=O) groups is 1. The van der Waals surface area contributed by atoms with Crippen molar-refractivity contribution in [3.05, 3.63) is 35.9 Å². The molecule has 0 spiro atoms. The molecule has 2 rings (SSSR count). The maximum absolute atomic E-state index is 12.5. The minimum atomic E-state index is -4.22. The van der Waals surface area contributed by atoms with Crippen molar-refractivity contribution in [1.82, 2.24) is 5.32 Å². The van der Waals surface area contributed by atoms with E-state index in [1.807, 2.05) is 0 Å². The third kappa shape index (κ3) is 2.60. The van der Waals surface area contributed by atoms with Crippen molar-refractivity contribution in [3.8, 4) is 0 Å². The summed E-state index contributed by atoms with van der Waals surface area (Å²) in [5.41, 5.74) is 0.389. The van der Waals surface area contributed by atoms with Crippen molar-refractivity contribution in [2.75, 3.05) is 0 Å². The summed E-state index contributed by atoms with van der Waals surface area (Å²) in [5, 5.41) is 2.43. The molecule has 1 aliphatic carbocycles. The van der Waals surface area contributed by atoms with Crippen molar-refractivity contribution < 1.29 is 18.0 Å². The highest BCUT2D eigenvalue weighted by atomic mass is 19.4. The Balaban J connectivity index is 1.97. The van der Waals surface area contributed by atoms with Crippen molar-refractivity contribution in [2.45, 2.75) is 25.1 Å². The lowest BCUT2D eigenvalue weighted by Gasteiger charge is -2.38. The Bertz CT molecular complexity index is 402. The molecule has 1 aromatic rings. The monoisotopic (exact) mass is 243 g/mol. The van der Waals surface area contributed by atoms with Gasteiger partial charge in [0.2, 0.25) is 0 Å². The molecule has 2 atom stereocenters. The zero-order valence-corrected chi connectivity index (χ0v) is 9.00. The standard InChI is InChI=1S/C12H12F3NO/c13-12(14,15)9-6-7-10(9)16-11(17)8-4-2-1-3-5-8/h1-5,9-10H,6-7H2,(H,16,17). The first-order valence-electron chi connectivity index (χ1n) is 5.41. The topological polar surface area (TPSA) is 29.1 Å². The first-order valence-corrected chi connectivity index (χ1v) is 5.41. The second kappa shape index (κ2) is 4.39. The van der Waals surface area contributed by atoms with E-state index < -0.39 is 24.0 Å². The highest BCUT2D eigenvalue weighted by Gasteiger charge is 2.50. The third-order valence-electron chi connectivity index (χ3n) is 3.05. The molecule has 1 aliphatic rings. The molecule has 0 radical (unpaired) electrons. The van der Waals surface area contributed by atoms with Crippen LogP contribution >= 0.6 is 0 Å². The summed E-state index contributed by atoms with van der Waals surface area (Å²) in [6.45, 7) is 0. The quantitative estimate of drug-likeness (QED) is 0.850. The van der Waals surface area contributed by atoms with Crippen LogP contribution in [-0.4, -0.2) is 18.1 Å². The molecule has 1 fully saturated rings. The molecule has 17 heavy (non-hydrogen) atoms. The van der Waals surface area contributed by atoms with Crippen molar-refractivity contribution in [1.29, 1.82) is 0 Å². The normalized spacial score (nSPS) is 23.9. The van der Waals surface area contributed by atoms with Crippen LogP contribution in [0.25, 0.3) is 0 Å². The first kappa shape index (κ1) is 12.0. The second-order valence-electron chi connectivity index (χ2n) is 4.17. The van der Waals surface area contributed by atoms with Crippen LogP contribution in [-0.2, 0) is 0 Å². The molecular weight excluding hydrogens is 231 g/mol. The maximum atomic E-state index is 12.5. The summed E-state index contributed by atoms with van der Waals surface area (Å²) in [7, 11) is 0. The number of amides is 1. The number of alkyl halides is 3. The number of rotatable bonds is 2. The summed E-state index contributed by atoms with van der Waals surface area (Å²) in [6.07, 6.45) is -3.72. The second-order valence-corrected chi connectivity index (χ2v) is 4.17. The van der Waals surface area contributed by atoms with E-state index in [4.69, 9.17) is 0 Å². The summed E-state index contributed by atoms with van der Waals surface area (Å²) in [4.78, 5) is 11.6. The lowest BCUT2D eigenvalue weighted by atomic mass is 9.79. The van der Waals surface area contributed by atoms with Crippen LogP contribution in [0.5, 0.6) is 0 Å². The minimum absolute atomic E-state index is 0.100.